The van der Waals surface area contributed by atoms with E-state index in [9.17, 15) is 0 Å². The van der Waals surface area contributed by atoms with E-state index in [2.05, 4.69) is 60.9 Å². The molecule has 0 saturated heterocycles. The number of rotatable bonds is 1. The molecule has 0 aliphatic rings. The zero-order chi connectivity index (χ0) is 11.0. The van der Waals surface area contributed by atoms with Crippen LogP contribution in [0.15, 0.2) is 59.5 Å². The highest BCUT2D eigenvalue weighted by molar-refractivity contribution is 7.98. The van der Waals surface area contributed by atoms with E-state index in [1.165, 1.54) is 26.4 Å². The first-order valence-electron chi connectivity index (χ1n) is 5.34. The molecule has 3 aromatic carbocycles. The van der Waals surface area contributed by atoms with Crippen LogP contribution < -0.4 is 0 Å². The fourth-order valence-corrected chi connectivity index (χ4v) is 2.80. The highest BCUT2D eigenvalue weighted by atomic mass is 32.2. The van der Waals surface area contributed by atoms with Gasteiger partial charge in [-0.1, -0.05) is 48.5 Å². The third-order valence-electron chi connectivity index (χ3n) is 2.97. The second-order valence-electron chi connectivity index (χ2n) is 3.84. The molecule has 0 saturated carbocycles. The summed E-state index contributed by atoms with van der Waals surface area (Å²) in [6.07, 6.45) is 2.13. The lowest BCUT2D eigenvalue weighted by Crippen LogP contribution is -1.79. The Morgan fingerprint density at radius 1 is 0.688 bits per heavy atom. The van der Waals surface area contributed by atoms with Crippen LogP contribution >= 0.6 is 11.8 Å². The highest BCUT2D eigenvalue weighted by Crippen LogP contribution is 2.31. The van der Waals surface area contributed by atoms with Crippen molar-refractivity contribution in [1.29, 1.82) is 0 Å². The summed E-state index contributed by atoms with van der Waals surface area (Å²) in [7, 11) is 0. The summed E-state index contributed by atoms with van der Waals surface area (Å²) >= 11 is 1.81. The summed E-state index contributed by atoms with van der Waals surface area (Å²) in [5.74, 6) is 0. The van der Waals surface area contributed by atoms with Crippen LogP contribution in [0.25, 0.3) is 21.5 Å². The maximum Gasteiger partial charge on any atom is 0.0148 e. The highest BCUT2D eigenvalue weighted by Gasteiger charge is 2.02. The molecule has 0 bridgehead atoms. The first-order chi connectivity index (χ1) is 7.90. The van der Waals surface area contributed by atoms with E-state index in [1.807, 2.05) is 0 Å². The van der Waals surface area contributed by atoms with Gasteiger partial charge in [0.25, 0.3) is 0 Å². The minimum atomic E-state index is 1.31. The SMILES string of the molecule is CSc1cccc2c1ccc1ccccc12. The smallest absolute Gasteiger partial charge is 0.0148 e. The molecular weight excluding hydrogens is 212 g/mol. The molecule has 0 spiro atoms. The van der Waals surface area contributed by atoms with E-state index in [0.29, 0.717) is 0 Å². The minimum absolute atomic E-state index is 1.31. The Morgan fingerprint density at radius 2 is 1.50 bits per heavy atom. The Balaban J connectivity index is 2.52. The summed E-state index contributed by atoms with van der Waals surface area (Å²) in [6, 6.07) is 19.5. The Labute approximate surface area is 99.3 Å². The van der Waals surface area contributed by atoms with Crippen LogP contribution in [-0.2, 0) is 0 Å². The first kappa shape index (κ1) is 9.73. The largest absolute Gasteiger partial charge is 0.129 e. The van der Waals surface area contributed by atoms with Crippen LogP contribution in [0.1, 0.15) is 0 Å². The lowest BCUT2D eigenvalue weighted by Gasteiger charge is -2.06. The van der Waals surface area contributed by atoms with Crippen LogP contribution in [0.3, 0.4) is 0 Å². The van der Waals surface area contributed by atoms with Gasteiger partial charge >= 0.3 is 0 Å². The lowest BCUT2D eigenvalue weighted by molar-refractivity contribution is 1.56. The normalized spacial score (nSPS) is 11.1. The summed E-state index contributed by atoms with van der Waals surface area (Å²) in [6.45, 7) is 0. The molecule has 0 aromatic heterocycles. The molecule has 0 radical (unpaired) electrons. The van der Waals surface area contributed by atoms with Gasteiger partial charge in [-0.2, -0.15) is 0 Å². The second-order valence-corrected chi connectivity index (χ2v) is 4.69. The van der Waals surface area contributed by atoms with Gasteiger partial charge in [0.1, 0.15) is 0 Å². The summed E-state index contributed by atoms with van der Waals surface area (Å²) in [4.78, 5) is 1.35. The topological polar surface area (TPSA) is 0 Å². The number of hydrogen-bond acceptors (Lipinski definition) is 1. The number of benzene rings is 3. The number of thioether (sulfide) groups is 1. The molecule has 0 atom stereocenters. The fourth-order valence-electron chi connectivity index (χ4n) is 2.19. The molecule has 0 N–H and O–H groups in total. The van der Waals surface area contributed by atoms with Gasteiger partial charge in [-0.05, 0) is 33.9 Å². The molecule has 16 heavy (non-hydrogen) atoms. The average molecular weight is 224 g/mol. The quantitative estimate of drug-likeness (QED) is 0.426. The Morgan fingerprint density at radius 3 is 2.38 bits per heavy atom. The van der Waals surface area contributed by atoms with Crippen molar-refractivity contribution in [2.45, 2.75) is 4.90 Å². The molecule has 0 amide bonds. The van der Waals surface area contributed by atoms with E-state index in [1.54, 1.807) is 11.8 Å². The van der Waals surface area contributed by atoms with Gasteiger partial charge in [-0.15, -0.1) is 11.8 Å². The van der Waals surface area contributed by atoms with Crippen molar-refractivity contribution in [3.63, 3.8) is 0 Å². The second kappa shape index (κ2) is 3.84. The monoisotopic (exact) mass is 224 g/mol. The molecular formula is C15H12S. The Kier molecular flexibility index (Phi) is 2.33. The number of hydrogen-bond donors (Lipinski definition) is 0. The maximum absolute atomic E-state index is 2.23. The average Bonchev–Trinajstić information content (AvgIpc) is 2.37. The van der Waals surface area contributed by atoms with E-state index in [0.717, 1.165) is 0 Å². The molecule has 0 aliphatic carbocycles. The van der Waals surface area contributed by atoms with Gasteiger partial charge in [-0.25, -0.2) is 0 Å². The van der Waals surface area contributed by atoms with Crippen LogP contribution in [0.4, 0.5) is 0 Å². The van der Waals surface area contributed by atoms with E-state index in [-0.39, 0.29) is 0 Å². The van der Waals surface area contributed by atoms with Crippen LogP contribution in [0, 0.1) is 0 Å². The van der Waals surface area contributed by atoms with E-state index < -0.39 is 0 Å². The van der Waals surface area contributed by atoms with Crippen LogP contribution in [0.5, 0.6) is 0 Å². The maximum atomic E-state index is 2.23. The van der Waals surface area contributed by atoms with Crippen molar-refractivity contribution in [2.24, 2.45) is 0 Å². The van der Waals surface area contributed by atoms with Crippen molar-refractivity contribution in [3.8, 4) is 0 Å². The molecule has 0 heterocycles. The van der Waals surface area contributed by atoms with Crippen molar-refractivity contribution >= 4 is 33.3 Å². The Bertz CT molecular complexity index is 656. The summed E-state index contributed by atoms with van der Waals surface area (Å²) in [5, 5.41) is 5.36. The zero-order valence-electron chi connectivity index (χ0n) is 9.10. The lowest BCUT2D eigenvalue weighted by atomic mass is 10.0. The van der Waals surface area contributed by atoms with Crippen molar-refractivity contribution in [1.82, 2.24) is 0 Å². The summed E-state index contributed by atoms with van der Waals surface area (Å²) in [5.41, 5.74) is 0. The molecule has 0 nitrogen and oxygen atoms in total. The van der Waals surface area contributed by atoms with Crippen molar-refractivity contribution in [2.75, 3.05) is 6.26 Å². The molecule has 0 aliphatic heterocycles. The third-order valence-corrected chi connectivity index (χ3v) is 3.76. The molecule has 3 rings (SSSR count). The molecule has 78 valence electrons. The Hall–Kier alpha value is -1.47. The molecule has 1 heteroatoms. The minimum Gasteiger partial charge on any atom is -0.129 e. The van der Waals surface area contributed by atoms with Gasteiger partial charge in [-0.3, -0.25) is 0 Å². The van der Waals surface area contributed by atoms with Gasteiger partial charge < -0.3 is 0 Å². The first-order valence-corrected chi connectivity index (χ1v) is 6.57. The molecule has 3 aromatic rings. The van der Waals surface area contributed by atoms with Crippen LogP contribution in [-0.4, -0.2) is 6.26 Å². The third kappa shape index (κ3) is 1.40. The fraction of sp³-hybridized carbons (Fsp3) is 0.0667. The standard InChI is InChI=1S/C15H12S/c1-16-15-8-4-7-13-12-6-3-2-5-11(12)9-10-14(13)15/h2-10H,1H3. The van der Waals surface area contributed by atoms with Crippen molar-refractivity contribution < 1.29 is 0 Å². The van der Waals surface area contributed by atoms with Crippen LogP contribution in [0.2, 0.25) is 0 Å². The predicted molar refractivity (Wildman–Crippen MR) is 73.2 cm³/mol. The van der Waals surface area contributed by atoms with E-state index >= 15 is 0 Å². The van der Waals surface area contributed by atoms with Gasteiger partial charge in [0.05, 0.1) is 0 Å². The van der Waals surface area contributed by atoms with Crippen molar-refractivity contribution in [3.05, 3.63) is 54.6 Å². The predicted octanol–water partition coefficient (Wildman–Crippen LogP) is 4.71. The molecule has 0 unspecified atom stereocenters. The van der Waals surface area contributed by atoms with Gasteiger partial charge in [0.15, 0.2) is 0 Å². The molecule has 0 fully saturated rings. The summed E-state index contributed by atoms with van der Waals surface area (Å²) < 4.78 is 0. The zero-order valence-corrected chi connectivity index (χ0v) is 9.92. The van der Waals surface area contributed by atoms with Gasteiger partial charge in [0.2, 0.25) is 0 Å². The van der Waals surface area contributed by atoms with E-state index in [4.69, 9.17) is 0 Å². The number of fused-ring (bicyclic) bond motifs is 3. The van der Waals surface area contributed by atoms with Gasteiger partial charge in [0, 0.05) is 4.90 Å².